The van der Waals surface area contributed by atoms with Crippen LogP contribution in [0.25, 0.3) is 0 Å². The summed E-state index contributed by atoms with van der Waals surface area (Å²) < 4.78 is 5.71. The molecule has 1 aliphatic carbocycles. The number of hydrogen-bond acceptors (Lipinski definition) is 1. The van der Waals surface area contributed by atoms with Gasteiger partial charge in [0.25, 0.3) is 0 Å². The summed E-state index contributed by atoms with van der Waals surface area (Å²) in [5, 5.41) is 1.05. The quantitative estimate of drug-likeness (QED) is 0.769. The largest absolute Gasteiger partial charge is 0.381 e. The number of rotatable bonds is 3. The van der Waals surface area contributed by atoms with E-state index in [1.165, 1.54) is 37.7 Å². The second kappa shape index (κ2) is 5.34. The standard InChI is InChI=1S/C16H21BrO/c17-11-16(7-2-8-18-12-16)10-13-5-6-14-3-1-4-15(14)9-13/h5-6,9H,1-4,7-8,10-12H2. The van der Waals surface area contributed by atoms with Crippen molar-refractivity contribution in [3.63, 3.8) is 0 Å². The Hall–Kier alpha value is -0.340. The highest BCUT2D eigenvalue weighted by Gasteiger charge is 2.32. The third-order valence-electron chi connectivity index (χ3n) is 4.43. The SMILES string of the molecule is BrCC1(Cc2ccc3c(c2)CCC3)CCCOC1. The van der Waals surface area contributed by atoms with Gasteiger partial charge in [0.1, 0.15) is 0 Å². The molecule has 18 heavy (non-hydrogen) atoms. The van der Waals surface area contributed by atoms with Crippen LogP contribution in [0.4, 0.5) is 0 Å². The van der Waals surface area contributed by atoms with Crippen molar-refractivity contribution in [3.8, 4) is 0 Å². The van der Waals surface area contributed by atoms with Crippen LogP contribution in [0.15, 0.2) is 18.2 Å². The Morgan fingerprint density at radius 1 is 1.17 bits per heavy atom. The minimum atomic E-state index is 0.324. The first kappa shape index (κ1) is 12.7. The summed E-state index contributed by atoms with van der Waals surface area (Å²) in [6, 6.07) is 7.13. The van der Waals surface area contributed by atoms with E-state index < -0.39 is 0 Å². The van der Waals surface area contributed by atoms with Gasteiger partial charge in [-0.2, -0.15) is 0 Å². The topological polar surface area (TPSA) is 9.23 Å². The highest BCUT2D eigenvalue weighted by Crippen LogP contribution is 2.35. The van der Waals surface area contributed by atoms with E-state index in [-0.39, 0.29) is 0 Å². The van der Waals surface area contributed by atoms with Gasteiger partial charge < -0.3 is 4.74 Å². The van der Waals surface area contributed by atoms with E-state index in [9.17, 15) is 0 Å². The second-order valence-electron chi connectivity index (χ2n) is 5.92. The van der Waals surface area contributed by atoms with Crippen molar-refractivity contribution in [2.75, 3.05) is 18.5 Å². The summed E-state index contributed by atoms with van der Waals surface area (Å²) in [7, 11) is 0. The molecule has 1 heterocycles. The average molecular weight is 309 g/mol. The molecule has 0 spiro atoms. The lowest BCUT2D eigenvalue weighted by Crippen LogP contribution is -2.35. The Bertz CT molecular complexity index is 421. The van der Waals surface area contributed by atoms with Gasteiger partial charge in [0.2, 0.25) is 0 Å². The molecule has 98 valence electrons. The first-order valence-corrected chi connectivity index (χ1v) is 8.18. The van der Waals surface area contributed by atoms with Crippen LogP contribution in [0.5, 0.6) is 0 Å². The summed E-state index contributed by atoms with van der Waals surface area (Å²) in [6.07, 6.45) is 7.55. The summed E-state index contributed by atoms with van der Waals surface area (Å²) in [6.45, 7) is 1.86. The van der Waals surface area contributed by atoms with Gasteiger partial charge in [-0.1, -0.05) is 34.1 Å². The fraction of sp³-hybridized carbons (Fsp3) is 0.625. The van der Waals surface area contributed by atoms with E-state index in [1.807, 2.05) is 0 Å². The molecule has 1 atom stereocenters. The molecule has 2 aliphatic rings. The van der Waals surface area contributed by atoms with Gasteiger partial charge >= 0.3 is 0 Å². The third kappa shape index (κ3) is 2.50. The minimum Gasteiger partial charge on any atom is -0.381 e. The average Bonchev–Trinajstić information content (AvgIpc) is 2.87. The Morgan fingerprint density at radius 2 is 2.06 bits per heavy atom. The smallest absolute Gasteiger partial charge is 0.0533 e. The predicted octanol–water partition coefficient (Wildman–Crippen LogP) is 3.91. The van der Waals surface area contributed by atoms with Crippen LogP contribution < -0.4 is 0 Å². The predicted molar refractivity (Wildman–Crippen MR) is 78.5 cm³/mol. The zero-order valence-corrected chi connectivity index (χ0v) is 12.5. The number of halogens is 1. The van der Waals surface area contributed by atoms with E-state index >= 15 is 0 Å². The Kier molecular flexibility index (Phi) is 3.76. The number of ether oxygens (including phenoxy) is 1. The molecule has 0 radical (unpaired) electrons. The molecule has 0 saturated carbocycles. The van der Waals surface area contributed by atoms with Crippen molar-refractivity contribution in [1.29, 1.82) is 0 Å². The molecule has 1 fully saturated rings. The lowest BCUT2D eigenvalue weighted by molar-refractivity contribution is 0.00614. The lowest BCUT2D eigenvalue weighted by Gasteiger charge is -2.35. The fourth-order valence-electron chi connectivity index (χ4n) is 3.37. The third-order valence-corrected chi connectivity index (χ3v) is 5.62. The molecule has 0 bridgehead atoms. The summed E-state index contributed by atoms with van der Waals surface area (Å²) in [5.41, 5.74) is 4.99. The van der Waals surface area contributed by atoms with Gasteiger partial charge in [-0.25, -0.2) is 0 Å². The van der Waals surface area contributed by atoms with Crippen LogP contribution in [-0.2, 0) is 24.0 Å². The highest BCUT2D eigenvalue weighted by atomic mass is 79.9. The van der Waals surface area contributed by atoms with Crippen LogP contribution in [0.3, 0.4) is 0 Å². The fourth-order valence-corrected chi connectivity index (χ4v) is 4.01. The van der Waals surface area contributed by atoms with Crippen molar-refractivity contribution >= 4 is 15.9 Å². The maximum atomic E-state index is 5.71. The van der Waals surface area contributed by atoms with Gasteiger partial charge in [-0.15, -0.1) is 0 Å². The van der Waals surface area contributed by atoms with Crippen molar-refractivity contribution < 1.29 is 4.74 Å². The number of fused-ring (bicyclic) bond motifs is 1. The number of hydrogen-bond donors (Lipinski definition) is 0. The summed E-state index contributed by atoms with van der Waals surface area (Å²) >= 11 is 3.71. The molecule has 3 rings (SSSR count). The van der Waals surface area contributed by atoms with E-state index in [2.05, 4.69) is 34.1 Å². The molecule has 1 nitrogen and oxygen atoms in total. The van der Waals surface area contributed by atoms with Gasteiger partial charge in [-0.3, -0.25) is 0 Å². The minimum absolute atomic E-state index is 0.324. The molecule has 0 aromatic heterocycles. The van der Waals surface area contributed by atoms with Crippen LogP contribution in [0.1, 0.15) is 36.0 Å². The Morgan fingerprint density at radius 3 is 2.83 bits per heavy atom. The van der Waals surface area contributed by atoms with Crippen LogP contribution in [0, 0.1) is 5.41 Å². The van der Waals surface area contributed by atoms with Crippen LogP contribution in [0.2, 0.25) is 0 Å². The van der Waals surface area contributed by atoms with Crippen molar-refractivity contribution in [2.24, 2.45) is 5.41 Å². The van der Waals surface area contributed by atoms with Gasteiger partial charge in [0, 0.05) is 17.4 Å². The molecule has 2 heteroatoms. The number of alkyl halides is 1. The zero-order chi connectivity index (χ0) is 12.4. The number of benzene rings is 1. The number of aryl methyl sites for hydroxylation is 2. The van der Waals surface area contributed by atoms with Crippen molar-refractivity contribution in [3.05, 3.63) is 34.9 Å². The maximum Gasteiger partial charge on any atom is 0.0533 e. The van der Waals surface area contributed by atoms with E-state index in [4.69, 9.17) is 4.74 Å². The van der Waals surface area contributed by atoms with E-state index in [0.29, 0.717) is 5.41 Å². The lowest BCUT2D eigenvalue weighted by atomic mass is 9.79. The van der Waals surface area contributed by atoms with E-state index in [0.717, 1.165) is 25.0 Å². The summed E-state index contributed by atoms with van der Waals surface area (Å²) in [5.74, 6) is 0. The molecule has 1 aliphatic heterocycles. The molecule has 1 unspecified atom stereocenters. The monoisotopic (exact) mass is 308 g/mol. The first-order chi connectivity index (χ1) is 8.81. The zero-order valence-electron chi connectivity index (χ0n) is 10.9. The van der Waals surface area contributed by atoms with Gasteiger partial charge in [-0.05, 0) is 55.2 Å². The Balaban J connectivity index is 1.78. The second-order valence-corrected chi connectivity index (χ2v) is 6.48. The molecule has 0 amide bonds. The van der Waals surface area contributed by atoms with Gasteiger partial charge in [0.15, 0.2) is 0 Å². The normalized spacial score (nSPS) is 27.2. The first-order valence-electron chi connectivity index (χ1n) is 7.06. The molecular formula is C16H21BrO. The summed E-state index contributed by atoms with van der Waals surface area (Å²) in [4.78, 5) is 0. The van der Waals surface area contributed by atoms with E-state index in [1.54, 1.807) is 11.1 Å². The highest BCUT2D eigenvalue weighted by molar-refractivity contribution is 9.09. The van der Waals surface area contributed by atoms with Crippen molar-refractivity contribution in [1.82, 2.24) is 0 Å². The molecule has 0 N–H and O–H groups in total. The Labute approximate surface area is 118 Å². The molecule has 1 saturated heterocycles. The molecule has 1 aromatic carbocycles. The van der Waals surface area contributed by atoms with Crippen LogP contribution in [-0.4, -0.2) is 18.5 Å². The van der Waals surface area contributed by atoms with Crippen molar-refractivity contribution in [2.45, 2.75) is 38.5 Å². The van der Waals surface area contributed by atoms with Crippen LogP contribution >= 0.6 is 15.9 Å². The van der Waals surface area contributed by atoms with Gasteiger partial charge in [0.05, 0.1) is 6.61 Å². The molecule has 1 aromatic rings. The maximum absolute atomic E-state index is 5.71. The molecular weight excluding hydrogens is 288 g/mol.